The van der Waals surface area contributed by atoms with Crippen LogP contribution < -0.4 is 0 Å². The van der Waals surface area contributed by atoms with Gasteiger partial charge in [-0.05, 0) is 25.9 Å². The molecule has 0 bridgehead atoms. The average Bonchev–Trinajstić information content (AvgIpc) is 2.77. The Labute approximate surface area is 110 Å². The van der Waals surface area contributed by atoms with E-state index in [2.05, 4.69) is 4.98 Å². The molecule has 6 heteroatoms. The normalized spacial score (nSPS) is 19.3. The van der Waals surface area contributed by atoms with Gasteiger partial charge in [-0.3, -0.25) is 4.90 Å². The van der Waals surface area contributed by atoms with Crippen molar-refractivity contribution in [2.24, 2.45) is 5.92 Å². The summed E-state index contributed by atoms with van der Waals surface area (Å²) < 4.78 is 43.0. The second-order valence-corrected chi connectivity index (χ2v) is 5.41. The van der Waals surface area contributed by atoms with E-state index in [1.165, 1.54) is 6.39 Å². The monoisotopic (exact) mass is 276 g/mol. The van der Waals surface area contributed by atoms with Gasteiger partial charge in [-0.15, -0.1) is 0 Å². The fourth-order valence-corrected chi connectivity index (χ4v) is 2.50. The number of alkyl halides is 3. The zero-order valence-corrected chi connectivity index (χ0v) is 11.2. The average molecular weight is 276 g/mol. The summed E-state index contributed by atoms with van der Waals surface area (Å²) in [5.41, 5.74) is 0.848. The predicted molar refractivity (Wildman–Crippen MR) is 64.6 cm³/mol. The van der Waals surface area contributed by atoms with Crippen LogP contribution in [0.2, 0.25) is 0 Å². The molecule has 0 amide bonds. The third-order valence-electron chi connectivity index (χ3n) is 3.62. The molecule has 1 aliphatic rings. The van der Waals surface area contributed by atoms with Crippen molar-refractivity contribution in [3.63, 3.8) is 0 Å². The number of hydrogen-bond donors (Lipinski definition) is 0. The highest BCUT2D eigenvalue weighted by Crippen LogP contribution is 2.34. The minimum absolute atomic E-state index is 0.179. The summed E-state index contributed by atoms with van der Waals surface area (Å²) in [5, 5.41) is 0. The quantitative estimate of drug-likeness (QED) is 0.845. The lowest BCUT2D eigenvalue weighted by molar-refractivity contribution is -0.185. The van der Waals surface area contributed by atoms with Crippen LogP contribution in [0.25, 0.3) is 0 Å². The highest BCUT2D eigenvalue weighted by atomic mass is 19.4. The summed E-state index contributed by atoms with van der Waals surface area (Å²) in [5.74, 6) is -0.0752. The molecule has 1 aromatic heterocycles. The first-order valence-electron chi connectivity index (χ1n) is 6.59. The van der Waals surface area contributed by atoms with E-state index in [-0.39, 0.29) is 18.8 Å². The second kappa shape index (κ2) is 5.53. The van der Waals surface area contributed by atoms with Crippen molar-refractivity contribution in [1.29, 1.82) is 0 Å². The molecule has 2 heterocycles. The Morgan fingerprint density at radius 2 is 2.00 bits per heavy atom. The van der Waals surface area contributed by atoms with E-state index in [1.807, 2.05) is 18.7 Å². The Morgan fingerprint density at radius 1 is 1.37 bits per heavy atom. The molecule has 1 aliphatic heterocycles. The van der Waals surface area contributed by atoms with Gasteiger partial charge in [0.25, 0.3) is 0 Å². The van der Waals surface area contributed by atoms with E-state index in [4.69, 9.17) is 4.42 Å². The molecular weight excluding hydrogens is 257 g/mol. The van der Waals surface area contributed by atoms with Gasteiger partial charge in [0, 0.05) is 12.5 Å². The fourth-order valence-electron chi connectivity index (χ4n) is 2.50. The number of hydrogen-bond acceptors (Lipinski definition) is 3. The number of rotatable bonds is 3. The molecule has 1 aromatic rings. The predicted octanol–water partition coefficient (Wildman–Crippen LogP) is 3.57. The highest BCUT2D eigenvalue weighted by Gasteiger charge is 2.41. The molecule has 0 spiro atoms. The van der Waals surface area contributed by atoms with Crippen LogP contribution in [0.4, 0.5) is 13.2 Å². The minimum Gasteiger partial charge on any atom is -0.448 e. The van der Waals surface area contributed by atoms with Gasteiger partial charge in [0.2, 0.25) is 0 Å². The van der Waals surface area contributed by atoms with E-state index in [0.717, 1.165) is 11.5 Å². The maximum atomic E-state index is 12.6. The van der Waals surface area contributed by atoms with Crippen LogP contribution in [0.3, 0.4) is 0 Å². The van der Waals surface area contributed by atoms with Gasteiger partial charge in [0.1, 0.15) is 5.76 Å². The largest absolute Gasteiger partial charge is 0.448 e. The topological polar surface area (TPSA) is 29.3 Å². The Hall–Kier alpha value is -1.04. The third-order valence-corrected chi connectivity index (χ3v) is 3.62. The Balaban J connectivity index is 1.91. The number of nitrogens with zero attached hydrogens (tertiary/aromatic N) is 2. The van der Waals surface area contributed by atoms with Gasteiger partial charge in [-0.1, -0.05) is 13.8 Å². The zero-order chi connectivity index (χ0) is 14.0. The van der Waals surface area contributed by atoms with Gasteiger partial charge >= 0.3 is 6.18 Å². The summed E-state index contributed by atoms with van der Waals surface area (Å²) in [6.07, 6.45) is -2.28. The summed E-state index contributed by atoms with van der Waals surface area (Å²) in [7, 11) is 0. The van der Waals surface area contributed by atoms with Crippen molar-refractivity contribution < 1.29 is 17.6 Å². The molecule has 19 heavy (non-hydrogen) atoms. The summed E-state index contributed by atoms with van der Waals surface area (Å²) in [4.78, 5) is 6.19. The summed E-state index contributed by atoms with van der Waals surface area (Å²) >= 11 is 0. The van der Waals surface area contributed by atoms with E-state index >= 15 is 0 Å². The molecule has 0 unspecified atom stereocenters. The van der Waals surface area contributed by atoms with Gasteiger partial charge in [0.05, 0.1) is 11.6 Å². The standard InChI is InChI=1S/C13H19F3N2O/c1-9(2)12-11(17-8-19-12)7-18-5-3-10(4-6-18)13(14,15)16/h8-10H,3-7H2,1-2H3. The smallest absolute Gasteiger partial charge is 0.391 e. The zero-order valence-electron chi connectivity index (χ0n) is 11.2. The van der Waals surface area contributed by atoms with Crippen LogP contribution in [-0.2, 0) is 6.54 Å². The van der Waals surface area contributed by atoms with E-state index in [9.17, 15) is 13.2 Å². The van der Waals surface area contributed by atoms with Crippen molar-refractivity contribution in [3.05, 3.63) is 17.8 Å². The van der Waals surface area contributed by atoms with Crippen molar-refractivity contribution in [3.8, 4) is 0 Å². The summed E-state index contributed by atoms with van der Waals surface area (Å²) in [6.45, 7) is 5.54. The second-order valence-electron chi connectivity index (χ2n) is 5.41. The molecule has 1 saturated heterocycles. The van der Waals surface area contributed by atoms with E-state index in [0.29, 0.717) is 19.6 Å². The van der Waals surface area contributed by atoms with Gasteiger partial charge in [-0.2, -0.15) is 13.2 Å². The third kappa shape index (κ3) is 3.49. The number of oxazole rings is 1. The highest BCUT2D eigenvalue weighted by molar-refractivity contribution is 5.11. The molecule has 0 N–H and O–H groups in total. The summed E-state index contributed by atoms with van der Waals surface area (Å²) in [6, 6.07) is 0. The molecular formula is C13H19F3N2O. The maximum absolute atomic E-state index is 12.6. The van der Waals surface area contributed by atoms with Crippen molar-refractivity contribution >= 4 is 0 Å². The fraction of sp³-hybridized carbons (Fsp3) is 0.769. The molecule has 108 valence electrons. The molecule has 0 radical (unpaired) electrons. The number of likely N-dealkylation sites (tertiary alicyclic amines) is 1. The molecule has 0 saturated carbocycles. The van der Waals surface area contributed by atoms with Crippen LogP contribution >= 0.6 is 0 Å². The Bertz CT molecular complexity index is 406. The molecule has 0 aromatic carbocycles. The maximum Gasteiger partial charge on any atom is 0.391 e. The van der Waals surface area contributed by atoms with Crippen LogP contribution in [0, 0.1) is 5.92 Å². The SMILES string of the molecule is CC(C)c1ocnc1CN1CCC(C(F)(F)F)CC1. The van der Waals surface area contributed by atoms with Crippen molar-refractivity contribution in [2.45, 2.75) is 45.3 Å². The lowest BCUT2D eigenvalue weighted by Gasteiger charge is -2.32. The van der Waals surface area contributed by atoms with E-state index < -0.39 is 12.1 Å². The molecule has 0 atom stereocenters. The first kappa shape index (κ1) is 14.4. The molecule has 3 nitrogen and oxygen atoms in total. The number of piperidine rings is 1. The number of aromatic nitrogens is 1. The Morgan fingerprint density at radius 3 is 2.53 bits per heavy atom. The van der Waals surface area contributed by atoms with E-state index in [1.54, 1.807) is 0 Å². The van der Waals surface area contributed by atoms with Gasteiger partial charge in [-0.25, -0.2) is 4.98 Å². The van der Waals surface area contributed by atoms with Crippen LogP contribution in [0.1, 0.15) is 44.1 Å². The Kier molecular flexibility index (Phi) is 4.18. The first-order chi connectivity index (χ1) is 8.88. The number of halogens is 3. The molecule has 2 rings (SSSR count). The minimum atomic E-state index is -4.05. The molecule has 0 aliphatic carbocycles. The van der Waals surface area contributed by atoms with Crippen LogP contribution in [0.5, 0.6) is 0 Å². The van der Waals surface area contributed by atoms with Gasteiger partial charge < -0.3 is 4.42 Å². The van der Waals surface area contributed by atoms with Crippen LogP contribution in [0.15, 0.2) is 10.8 Å². The lowest BCUT2D eigenvalue weighted by Crippen LogP contribution is -2.38. The van der Waals surface area contributed by atoms with Crippen molar-refractivity contribution in [2.75, 3.05) is 13.1 Å². The lowest BCUT2D eigenvalue weighted by atomic mass is 9.96. The first-order valence-corrected chi connectivity index (χ1v) is 6.59. The van der Waals surface area contributed by atoms with Crippen molar-refractivity contribution in [1.82, 2.24) is 9.88 Å². The van der Waals surface area contributed by atoms with Gasteiger partial charge in [0.15, 0.2) is 6.39 Å². The van der Waals surface area contributed by atoms with Crippen LogP contribution in [-0.4, -0.2) is 29.1 Å². The molecule has 1 fully saturated rings.